The molecule has 2 nitrogen and oxygen atoms in total. The Hall–Kier alpha value is -0.0800. The predicted octanol–water partition coefficient (Wildman–Crippen LogP) is 2.11. The van der Waals surface area contributed by atoms with Crippen LogP contribution in [0, 0.1) is 0 Å². The smallest absolute Gasteiger partial charge is 0.0107 e. The first-order valence-electron chi connectivity index (χ1n) is 5.78. The lowest BCUT2D eigenvalue weighted by molar-refractivity contribution is 0.281. The van der Waals surface area contributed by atoms with Crippen molar-refractivity contribution in [2.75, 3.05) is 32.7 Å². The van der Waals surface area contributed by atoms with Crippen molar-refractivity contribution in [3.63, 3.8) is 0 Å². The van der Waals surface area contributed by atoms with E-state index in [1.165, 1.54) is 38.9 Å². The van der Waals surface area contributed by atoms with Gasteiger partial charge in [-0.15, -0.1) is 0 Å². The molecular weight excluding hydrogens is 160 g/mol. The van der Waals surface area contributed by atoms with Gasteiger partial charge in [-0.3, -0.25) is 0 Å². The monoisotopic (exact) mass is 186 g/mol. The Kier molecular flexibility index (Phi) is 9.94. The molecule has 0 aliphatic heterocycles. The van der Waals surface area contributed by atoms with Gasteiger partial charge in [-0.25, -0.2) is 0 Å². The van der Waals surface area contributed by atoms with Crippen molar-refractivity contribution in [3.8, 4) is 0 Å². The molecule has 0 saturated carbocycles. The molecule has 0 aromatic heterocycles. The van der Waals surface area contributed by atoms with Gasteiger partial charge in [-0.05, 0) is 26.1 Å². The molecule has 2 heteroatoms. The van der Waals surface area contributed by atoms with Crippen LogP contribution >= 0.6 is 0 Å². The molecule has 0 aromatic carbocycles. The van der Waals surface area contributed by atoms with Gasteiger partial charge in [0.15, 0.2) is 0 Å². The van der Waals surface area contributed by atoms with Crippen LogP contribution in [0.5, 0.6) is 0 Å². The molecule has 0 aromatic rings. The van der Waals surface area contributed by atoms with Gasteiger partial charge < -0.3 is 10.2 Å². The number of rotatable bonds is 9. The van der Waals surface area contributed by atoms with Crippen LogP contribution in [0.1, 0.15) is 40.0 Å². The van der Waals surface area contributed by atoms with Gasteiger partial charge in [0.25, 0.3) is 0 Å². The molecule has 0 aliphatic carbocycles. The third-order valence-corrected chi connectivity index (χ3v) is 2.38. The highest BCUT2D eigenvalue weighted by atomic mass is 15.1. The van der Waals surface area contributed by atoms with Gasteiger partial charge in [-0.1, -0.05) is 33.6 Å². The van der Waals surface area contributed by atoms with Crippen LogP contribution in [-0.2, 0) is 0 Å². The summed E-state index contributed by atoms with van der Waals surface area (Å²) >= 11 is 0. The molecule has 0 aliphatic rings. The number of likely N-dealkylation sites (N-methyl/N-ethyl adjacent to an activating group) is 2. The standard InChI is InChI=1S/C11H26N2/c1-4-7-8-10-13(6-3)11-9-12-5-2/h12H,4-11H2,1-3H3. The third kappa shape index (κ3) is 8.26. The van der Waals surface area contributed by atoms with E-state index in [0.717, 1.165) is 13.1 Å². The molecule has 13 heavy (non-hydrogen) atoms. The summed E-state index contributed by atoms with van der Waals surface area (Å²) in [5.74, 6) is 0. The van der Waals surface area contributed by atoms with E-state index in [2.05, 4.69) is 31.0 Å². The van der Waals surface area contributed by atoms with Crippen LogP contribution in [-0.4, -0.2) is 37.6 Å². The molecule has 0 fully saturated rings. The van der Waals surface area contributed by atoms with Crippen molar-refractivity contribution in [1.29, 1.82) is 0 Å². The van der Waals surface area contributed by atoms with Crippen LogP contribution in [0.25, 0.3) is 0 Å². The Morgan fingerprint density at radius 1 is 1.00 bits per heavy atom. The summed E-state index contributed by atoms with van der Waals surface area (Å²) in [6, 6.07) is 0. The van der Waals surface area contributed by atoms with Gasteiger partial charge in [0.1, 0.15) is 0 Å². The number of hydrogen-bond acceptors (Lipinski definition) is 2. The van der Waals surface area contributed by atoms with Gasteiger partial charge in [0.2, 0.25) is 0 Å². The van der Waals surface area contributed by atoms with Gasteiger partial charge in [0, 0.05) is 13.1 Å². The topological polar surface area (TPSA) is 15.3 Å². The largest absolute Gasteiger partial charge is 0.316 e. The summed E-state index contributed by atoms with van der Waals surface area (Å²) in [5, 5.41) is 3.36. The van der Waals surface area contributed by atoms with E-state index < -0.39 is 0 Å². The molecule has 0 atom stereocenters. The zero-order valence-corrected chi connectivity index (χ0v) is 9.60. The Balaban J connectivity index is 3.28. The van der Waals surface area contributed by atoms with Crippen molar-refractivity contribution in [1.82, 2.24) is 10.2 Å². The molecule has 1 N–H and O–H groups in total. The zero-order chi connectivity index (χ0) is 9.94. The molecule has 0 unspecified atom stereocenters. The van der Waals surface area contributed by atoms with E-state index in [9.17, 15) is 0 Å². The molecule has 0 heterocycles. The molecule has 0 radical (unpaired) electrons. The van der Waals surface area contributed by atoms with Crippen LogP contribution in [0.3, 0.4) is 0 Å². The van der Waals surface area contributed by atoms with Gasteiger partial charge >= 0.3 is 0 Å². The Morgan fingerprint density at radius 2 is 1.77 bits per heavy atom. The minimum atomic E-state index is 1.09. The summed E-state index contributed by atoms with van der Waals surface area (Å²) in [6.07, 6.45) is 4.05. The van der Waals surface area contributed by atoms with E-state index >= 15 is 0 Å². The van der Waals surface area contributed by atoms with Crippen molar-refractivity contribution in [2.24, 2.45) is 0 Å². The summed E-state index contributed by atoms with van der Waals surface area (Å²) in [5.41, 5.74) is 0. The zero-order valence-electron chi connectivity index (χ0n) is 9.60. The third-order valence-electron chi connectivity index (χ3n) is 2.38. The normalized spacial score (nSPS) is 11.1. The van der Waals surface area contributed by atoms with Crippen molar-refractivity contribution in [3.05, 3.63) is 0 Å². The lowest BCUT2D eigenvalue weighted by atomic mass is 10.2. The second-order valence-electron chi connectivity index (χ2n) is 3.49. The maximum atomic E-state index is 3.36. The molecule has 0 saturated heterocycles. The van der Waals surface area contributed by atoms with E-state index in [-0.39, 0.29) is 0 Å². The van der Waals surface area contributed by atoms with E-state index in [0.29, 0.717) is 0 Å². The highest BCUT2D eigenvalue weighted by Gasteiger charge is 1.99. The first kappa shape index (κ1) is 12.9. The lowest BCUT2D eigenvalue weighted by Crippen LogP contribution is -2.32. The van der Waals surface area contributed by atoms with E-state index in [1.807, 2.05) is 0 Å². The number of nitrogens with zero attached hydrogens (tertiary/aromatic N) is 1. The van der Waals surface area contributed by atoms with Crippen LogP contribution in [0.2, 0.25) is 0 Å². The lowest BCUT2D eigenvalue weighted by Gasteiger charge is -2.20. The Bertz CT molecular complexity index is 84.1. The summed E-state index contributed by atoms with van der Waals surface area (Å²) in [7, 11) is 0. The highest BCUT2D eigenvalue weighted by Crippen LogP contribution is 1.97. The van der Waals surface area contributed by atoms with Crippen molar-refractivity contribution in [2.45, 2.75) is 40.0 Å². The molecular formula is C11H26N2. The SMILES string of the molecule is CCCCCN(CC)CCNCC. The summed E-state index contributed by atoms with van der Waals surface area (Å²) in [4.78, 5) is 2.53. The molecule has 80 valence electrons. The maximum Gasteiger partial charge on any atom is 0.0107 e. The number of nitrogens with one attached hydrogen (secondary N) is 1. The van der Waals surface area contributed by atoms with Crippen LogP contribution < -0.4 is 5.32 Å². The Labute approximate surface area is 83.7 Å². The fourth-order valence-electron chi connectivity index (χ4n) is 1.43. The quantitative estimate of drug-likeness (QED) is 0.555. The minimum absolute atomic E-state index is 1.09. The fourth-order valence-corrected chi connectivity index (χ4v) is 1.43. The van der Waals surface area contributed by atoms with Gasteiger partial charge in [-0.2, -0.15) is 0 Å². The van der Waals surface area contributed by atoms with E-state index in [1.54, 1.807) is 0 Å². The fraction of sp³-hybridized carbons (Fsp3) is 1.00. The second kappa shape index (κ2) is 10.0. The number of unbranched alkanes of at least 4 members (excludes halogenated alkanes) is 2. The second-order valence-corrected chi connectivity index (χ2v) is 3.49. The number of hydrogen-bond donors (Lipinski definition) is 1. The summed E-state index contributed by atoms with van der Waals surface area (Å²) in [6.45, 7) is 12.6. The van der Waals surface area contributed by atoms with Crippen LogP contribution in [0.15, 0.2) is 0 Å². The molecule has 0 amide bonds. The first-order valence-corrected chi connectivity index (χ1v) is 5.78. The minimum Gasteiger partial charge on any atom is -0.316 e. The first-order chi connectivity index (χ1) is 6.35. The average Bonchev–Trinajstić information content (AvgIpc) is 2.16. The summed E-state index contributed by atoms with van der Waals surface area (Å²) < 4.78 is 0. The maximum absolute atomic E-state index is 3.36. The van der Waals surface area contributed by atoms with Crippen molar-refractivity contribution >= 4 is 0 Å². The molecule has 0 bridgehead atoms. The van der Waals surface area contributed by atoms with Gasteiger partial charge in [0.05, 0.1) is 0 Å². The molecule has 0 rings (SSSR count). The average molecular weight is 186 g/mol. The van der Waals surface area contributed by atoms with Crippen molar-refractivity contribution < 1.29 is 0 Å². The molecule has 0 spiro atoms. The highest BCUT2D eigenvalue weighted by molar-refractivity contribution is 4.57. The van der Waals surface area contributed by atoms with E-state index in [4.69, 9.17) is 0 Å². The Morgan fingerprint density at radius 3 is 2.31 bits per heavy atom. The van der Waals surface area contributed by atoms with Crippen LogP contribution in [0.4, 0.5) is 0 Å². The predicted molar refractivity (Wildman–Crippen MR) is 60.2 cm³/mol.